The van der Waals surface area contributed by atoms with Gasteiger partial charge in [-0.15, -0.1) is 0 Å². The van der Waals surface area contributed by atoms with Gasteiger partial charge in [0.1, 0.15) is 0 Å². The van der Waals surface area contributed by atoms with Crippen LogP contribution in [0, 0.1) is 13.8 Å². The van der Waals surface area contributed by atoms with Crippen LogP contribution in [0.15, 0.2) is 66.7 Å². The van der Waals surface area contributed by atoms with E-state index in [2.05, 4.69) is 15.6 Å². The molecule has 0 unspecified atom stereocenters. The molecule has 2 amide bonds. The van der Waals surface area contributed by atoms with Crippen LogP contribution in [0.1, 0.15) is 37.7 Å². The second kappa shape index (κ2) is 8.27. The number of aromatic nitrogens is 1. The van der Waals surface area contributed by atoms with Crippen molar-refractivity contribution >= 4 is 17.5 Å². The van der Waals surface area contributed by atoms with E-state index >= 15 is 0 Å². The molecule has 0 saturated heterocycles. The number of nitrogens with one attached hydrogen (secondary N) is 2. The maximum atomic E-state index is 12.5. The molecule has 1 aromatic heterocycles. The normalized spacial score (nSPS) is 10.3. The summed E-state index contributed by atoms with van der Waals surface area (Å²) >= 11 is 0. The van der Waals surface area contributed by atoms with Crippen molar-refractivity contribution in [1.82, 2.24) is 10.3 Å². The Bertz CT molecular complexity index is 968. The number of nitrogens with zero attached hydrogens (tertiary/aromatic N) is 1. The second-order valence-corrected chi connectivity index (χ2v) is 6.30. The van der Waals surface area contributed by atoms with E-state index in [0.29, 0.717) is 23.4 Å². The van der Waals surface area contributed by atoms with Crippen LogP contribution in [-0.4, -0.2) is 16.8 Å². The Morgan fingerprint density at radius 1 is 0.852 bits per heavy atom. The van der Waals surface area contributed by atoms with Gasteiger partial charge in [0, 0.05) is 22.5 Å². The lowest BCUT2D eigenvalue weighted by atomic mass is 10.1. The third kappa shape index (κ3) is 4.79. The van der Waals surface area contributed by atoms with Gasteiger partial charge in [-0.2, -0.15) is 0 Å². The zero-order chi connectivity index (χ0) is 19.2. The molecule has 136 valence electrons. The summed E-state index contributed by atoms with van der Waals surface area (Å²) in [5.41, 5.74) is 4.26. The van der Waals surface area contributed by atoms with Gasteiger partial charge in [-0.3, -0.25) is 14.6 Å². The number of carbonyl (C=O) groups is 2. The Hall–Kier alpha value is -3.47. The summed E-state index contributed by atoms with van der Waals surface area (Å²) in [7, 11) is 0. The fourth-order valence-electron chi connectivity index (χ4n) is 2.65. The third-order valence-corrected chi connectivity index (χ3v) is 4.16. The lowest BCUT2D eigenvalue weighted by Crippen LogP contribution is -2.23. The summed E-state index contributed by atoms with van der Waals surface area (Å²) < 4.78 is 0. The van der Waals surface area contributed by atoms with E-state index in [0.717, 1.165) is 17.0 Å². The van der Waals surface area contributed by atoms with Crippen molar-refractivity contribution in [3.8, 4) is 0 Å². The number of amides is 2. The highest BCUT2D eigenvalue weighted by molar-refractivity contribution is 6.05. The van der Waals surface area contributed by atoms with Crippen LogP contribution in [0.3, 0.4) is 0 Å². The first-order chi connectivity index (χ1) is 13.0. The molecule has 27 heavy (non-hydrogen) atoms. The van der Waals surface area contributed by atoms with Gasteiger partial charge in [-0.1, -0.05) is 30.3 Å². The molecule has 0 aliphatic carbocycles. The van der Waals surface area contributed by atoms with Crippen LogP contribution in [0.4, 0.5) is 5.69 Å². The van der Waals surface area contributed by atoms with Gasteiger partial charge in [0.25, 0.3) is 11.8 Å². The van der Waals surface area contributed by atoms with Crippen LogP contribution >= 0.6 is 0 Å². The number of hydrogen-bond donors (Lipinski definition) is 2. The number of anilines is 1. The molecule has 2 aromatic carbocycles. The van der Waals surface area contributed by atoms with Crippen LogP contribution < -0.4 is 10.6 Å². The summed E-state index contributed by atoms with van der Waals surface area (Å²) in [6, 6.07) is 19.9. The molecule has 5 nitrogen and oxygen atoms in total. The van der Waals surface area contributed by atoms with Crippen LogP contribution in [-0.2, 0) is 6.54 Å². The average Bonchev–Trinajstić information content (AvgIpc) is 2.68. The number of hydrogen-bond acceptors (Lipinski definition) is 3. The maximum absolute atomic E-state index is 12.5. The Kier molecular flexibility index (Phi) is 5.61. The fraction of sp³-hybridized carbons (Fsp3) is 0.136. The van der Waals surface area contributed by atoms with Crippen molar-refractivity contribution in [2.75, 3.05) is 5.32 Å². The van der Waals surface area contributed by atoms with Gasteiger partial charge < -0.3 is 10.6 Å². The first-order valence-electron chi connectivity index (χ1n) is 8.71. The third-order valence-electron chi connectivity index (χ3n) is 4.16. The minimum absolute atomic E-state index is 0.208. The van der Waals surface area contributed by atoms with Crippen molar-refractivity contribution in [2.45, 2.75) is 20.4 Å². The SMILES string of the molecule is Cc1cccc(CNC(=O)c2ccc(C)c(NC(=O)c3ccccc3)c2)n1. The van der Waals surface area contributed by atoms with Crippen LogP contribution in [0.5, 0.6) is 0 Å². The molecule has 0 spiro atoms. The summed E-state index contributed by atoms with van der Waals surface area (Å²) in [6.45, 7) is 4.14. The zero-order valence-electron chi connectivity index (χ0n) is 15.3. The molecule has 0 radical (unpaired) electrons. The van der Waals surface area contributed by atoms with Crippen molar-refractivity contribution in [3.05, 3.63) is 94.8 Å². The minimum atomic E-state index is -0.214. The lowest BCUT2D eigenvalue weighted by molar-refractivity contribution is 0.0949. The summed E-state index contributed by atoms with van der Waals surface area (Å²) in [5.74, 6) is -0.422. The highest BCUT2D eigenvalue weighted by Gasteiger charge is 2.11. The van der Waals surface area contributed by atoms with Gasteiger partial charge >= 0.3 is 0 Å². The number of benzene rings is 2. The number of aryl methyl sites for hydroxylation is 2. The minimum Gasteiger partial charge on any atom is -0.346 e. The van der Waals surface area contributed by atoms with E-state index in [1.54, 1.807) is 24.3 Å². The highest BCUT2D eigenvalue weighted by Crippen LogP contribution is 2.18. The monoisotopic (exact) mass is 359 g/mol. The van der Waals surface area contributed by atoms with Gasteiger partial charge in [-0.25, -0.2) is 0 Å². The van der Waals surface area contributed by atoms with E-state index in [-0.39, 0.29) is 11.8 Å². The first-order valence-corrected chi connectivity index (χ1v) is 8.71. The van der Waals surface area contributed by atoms with Crippen molar-refractivity contribution in [3.63, 3.8) is 0 Å². The molecule has 0 saturated carbocycles. The molecule has 1 heterocycles. The van der Waals surface area contributed by atoms with Gasteiger partial charge in [0.05, 0.1) is 12.2 Å². The lowest BCUT2D eigenvalue weighted by Gasteiger charge is -2.11. The molecule has 0 fully saturated rings. The molecule has 2 N–H and O–H groups in total. The topological polar surface area (TPSA) is 71.1 Å². The van der Waals surface area contributed by atoms with Crippen LogP contribution in [0.2, 0.25) is 0 Å². The second-order valence-electron chi connectivity index (χ2n) is 6.30. The van der Waals surface area contributed by atoms with Crippen LogP contribution in [0.25, 0.3) is 0 Å². The van der Waals surface area contributed by atoms with Gasteiger partial charge in [0.15, 0.2) is 0 Å². The van der Waals surface area contributed by atoms with E-state index in [4.69, 9.17) is 0 Å². The zero-order valence-corrected chi connectivity index (χ0v) is 15.3. The Balaban J connectivity index is 1.70. The Morgan fingerprint density at radius 3 is 2.37 bits per heavy atom. The predicted octanol–water partition coefficient (Wildman–Crippen LogP) is 3.88. The molecule has 3 aromatic rings. The Labute approximate surface area is 158 Å². The summed E-state index contributed by atoms with van der Waals surface area (Å²) in [4.78, 5) is 29.2. The van der Waals surface area contributed by atoms with E-state index in [1.807, 2.05) is 56.3 Å². The average molecular weight is 359 g/mol. The molecule has 0 aliphatic heterocycles. The molecular formula is C22H21N3O2. The van der Waals surface area contributed by atoms with Gasteiger partial charge in [-0.05, 0) is 55.8 Å². The molecule has 3 rings (SSSR count). The molecular weight excluding hydrogens is 338 g/mol. The number of pyridine rings is 1. The number of rotatable bonds is 5. The highest BCUT2D eigenvalue weighted by atomic mass is 16.2. The van der Waals surface area contributed by atoms with E-state index < -0.39 is 0 Å². The molecule has 0 bridgehead atoms. The largest absolute Gasteiger partial charge is 0.346 e. The summed E-state index contributed by atoms with van der Waals surface area (Å²) in [5, 5.41) is 5.73. The molecule has 5 heteroatoms. The van der Waals surface area contributed by atoms with E-state index in [1.165, 1.54) is 0 Å². The smallest absolute Gasteiger partial charge is 0.255 e. The van der Waals surface area contributed by atoms with E-state index in [9.17, 15) is 9.59 Å². The fourth-order valence-corrected chi connectivity index (χ4v) is 2.65. The van der Waals surface area contributed by atoms with Gasteiger partial charge in [0.2, 0.25) is 0 Å². The van der Waals surface area contributed by atoms with Crippen molar-refractivity contribution in [2.24, 2.45) is 0 Å². The first kappa shape index (κ1) is 18.3. The molecule has 0 atom stereocenters. The standard InChI is InChI=1S/C22H21N3O2/c1-15-11-12-18(21(26)23-14-19-10-6-7-16(2)24-19)13-20(15)25-22(27)17-8-4-3-5-9-17/h3-13H,14H2,1-2H3,(H,23,26)(H,25,27). The maximum Gasteiger partial charge on any atom is 0.255 e. The van der Waals surface area contributed by atoms with Crippen molar-refractivity contribution < 1.29 is 9.59 Å². The quantitative estimate of drug-likeness (QED) is 0.726. The molecule has 0 aliphatic rings. The predicted molar refractivity (Wildman–Crippen MR) is 106 cm³/mol. The summed E-state index contributed by atoms with van der Waals surface area (Å²) in [6.07, 6.45) is 0. The Morgan fingerprint density at radius 2 is 1.63 bits per heavy atom. The number of carbonyl (C=O) groups excluding carboxylic acids is 2. The van der Waals surface area contributed by atoms with Crippen molar-refractivity contribution in [1.29, 1.82) is 0 Å².